The average molecular weight is 1030 g/mol. The molecular formula is C55H69N11O9. The van der Waals surface area contributed by atoms with Crippen LogP contribution in [0.4, 0.5) is 0 Å². The van der Waals surface area contributed by atoms with Gasteiger partial charge in [-0.2, -0.15) is 0 Å². The maximum atomic E-state index is 14.7. The molecule has 2 heterocycles. The smallest absolute Gasteiger partial charge is 0.326 e. The third-order valence-corrected chi connectivity index (χ3v) is 13.2. The molecule has 0 bridgehead atoms. The van der Waals surface area contributed by atoms with Gasteiger partial charge < -0.3 is 58.3 Å². The molecule has 7 amide bonds. The highest BCUT2D eigenvalue weighted by atomic mass is 16.4. The van der Waals surface area contributed by atoms with Gasteiger partial charge in [-0.25, -0.2) is 4.79 Å². The summed E-state index contributed by atoms with van der Waals surface area (Å²) < 4.78 is 0. The Morgan fingerprint density at radius 2 is 1.01 bits per heavy atom. The number of guanidine groups is 1. The first-order chi connectivity index (χ1) is 36.1. The van der Waals surface area contributed by atoms with Gasteiger partial charge in [-0.15, -0.1) is 0 Å². The van der Waals surface area contributed by atoms with E-state index in [0.717, 1.165) is 12.0 Å². The van der Waals surface area contributed by atoms with Crippen molar-refractivity contribution in [2.75, 3.05) is 19.6 Å². The fourth-order valence-electron chi connectivity index (χ4n) is 9.19. The summed E-state index contributed by atoms with van der Waals surface area (Å²) in [6.07, 6.45) is 2.63. The van der Waals surface area contributed by atoms with E-state index in [-0.39, 0.29) is 63.5 Å². The first-order valence-corrected chi connectivity index (χ1v) is 25.5. The number of hydrogen-bond donors (Lipinski definition) is 11. The molecule has 6 rings (SSSR count). The van der Waals surface area contributed by atoms with Gasteiger partial charge in [0.1, 0.15) is 42.3 Å². The van der Waals surface area contributed by atoms with Gasteiger partial charge in [0, 0.05) is 38.8 Å². The summed E-state index contributed by atoms with van der Waals surface area (Å²) in [6.45, 7) is 2.54. The molecule has 2 fully saturated rings. The first-order valence-electron chi connectivity index (χ1n) is 25.5. The maximum absolute atomic E-state index is 14.7. The number of carbonyl (C=O) groups is 8. The van der Waals surface area contributed by atoms with Crippen molar-refractivity contribution in [1.82, 2.24) is 47.4 Å². The van der Waals surface area contributed by atoms with Crippen molar-refractivity contribution in [2.45, 2.75) is 119 Å². The Morgan fingerprint density at radius 3 is 1.44 bits per heavy atom. The van der Waals surface area contributed by atoms with Crippen LogP contribution in [0.15, 0.2) is 121 Å². The van der Waals surface area contributed by atoms with Crippen molar-refractivity contribution in [3.05, 3.63) is 144 Å². The predicted molar refractivity (Wildman–Crippen MR) is 280 cm³/mol. The number of hydrogen-bond acceptors (Lipinski definition) is 10. The molecule has 12 N–H and O–H groups in total. The minimum absolute atomic E-state index is 0.00376. The lowest BCUT2D eigenvalue weighted by Gasteiger charge is -2.29. The van der Waals surface area contributed by atoms with Gasteiger partial charge in [0.15, 0.2) is 5.96 Å². The first kappa shape index (κ1) is 56.2. The Balaban J connectivity index is 1.22. The molecule has 20 heteroatoms. The van der Waals surface area contributed by atoms with E-state index < -0.39 is 89.7 Å². The van der Waals surface area contributed by atoms with E-state index in [2.05, 4.69) is 42.5 Å². The van der Waals surface area contributed by atoms with Crippen molar-refractivity contribution in [2.24, 2.45) is 5.73 Å². The SMILES string of the molecule is C[C@H](NC(=O)[C@H](Cc1ccccc1)NC(=O)[C@H](Cc1ccccc1)NC(=O)[C@H](Cc1ccccc1)NC(=O)[C@H](CCCNC(=N)N)NC(=O)[C@@H]1CCCN1)C(=O)N[C@@H](Cc1ccccc1)C(=O)N1CCC[C@@H]1C(=O)O. The van der Waals surface area contributed by atoms with Gasteiger partial charge in [0.05, 0.1) is 6.04 Å². The van der Waals surface area contributed by atoms with E-state index in [0.29, 0.717) is 42.5 Å². The predicted octanol–water partition coefficient (Wildman–Crippen LogP) is 0.977. The number of nitrogens with one attached hydrogen (secondary N) is 9. The van der Waals surface area contributed by atoms with Crippen molar-refractivity contribution >= 4 is 53.3 Å². The van der Waals surface area contributed by atoms with Crippen LogP contribution in [0.25, 0.3) is 0 Å². The van der Waals surface area contributed by atoms with Crippen LogP contribution in [-0.4, -0.2) is 131 Å². The van der Waals surface area contributed by atoms with Crippen LogP contribution in [0.2, 0.25) is 0 Å². The monoisotopic (exact) mass is 1030 g/mol. The zero-order valence-electron chi connectivity index (χ0n) is 42.1. The van der Waals surface area contributed by atoms with Gasteiger partial charge in [-0.1, -0.05) is 121 Å². The summed E-state index contributed by atoms with van der Waals surface area (Å²) in [7, 11) is 0. The second-order valence-electron chi connectivity index (χ2n) is 19.0. The number of nitrogens with zero attached hydrogens (tertiary/aromatic N) is 1. The second kappa shape index (κ2) is 28.4. The van der Waals surface area contributed by atoms with Crippen molar-refractivity contribution in [1.29, 1.82) is 5.41 Å². The Kier molecular flexibility index (Phi) is 21.2. The van der Waals surface area contributed by atoms with Gasteiger partial charge in [0.2, 0.25) is 41.4 Å². The largest absolute Gasteiger partial charge is 0.480 e. The minimum Gasteiger partial charge on any atom is -0.480 e. The van der Waals surface area contributed by atoms with Crippen molar-refractivity contribution in [3.63, 3.8) is 0 Å². The maximum Gasteiger partial charge on any atom is 0.326 e. The lowest BCUT2D eigenvalue weighted by atomic mass is 10.0. The summed E-state index contributed by atoms with van der Waals surface area (Å²) >= 11 is 0. The molecule has 398 valence electrons. The zero-order valence-corrected chi connectivity index (χ0v) is 42.1. The van der Waals surface area contributed by atoms with Crippen LogP contribution in [0.5, 0.6) is 0 Å². The van der Waals surface area contributed by atoms with Crippen LogP contribution >= 0.6 is 0 Å². The van der Waals surface area contributed by atoms with E-state index in [1.165, 1.54) is 11.8 Å². The normalized spacial score (nSPS) is 17.4. The van der Waals surface area contributed by atoms with Gasteiger partial charge in [-0.05, 0) is 74.2 Å². The van der Waals surface area contributed by atoms with E-state index in [4.69, 9.17) is 11.1 Å². The minimum atomic E-state index is -1.31. The number of aliphatic carboxylic acids is 1. The molecule has 4 aromatic rings. The summed E-state index contributed by atoms with van der Waals surface area (Å²) in [5.74, 6) is -5.90. The summed E-state index contributed by atoms with van der Waals surface area (Å²) in [5.41, 5.74) is 8.22. The third-order valence-electron chi connectivity index (χ3n) is 13.2. The number of benzene rings is 4. The number of carbonyl (C=O) groups excluding carboxylic acids is 7. The molecule has 2 aliphatic heterocycles. The summed E-state index contributed by atoms with van der Waals surface area (Å²) in [6, 6.07) is 26.8. The number of amides is 7. The van der Waals surface area contributed by atoms with Crippen LogP contribution in [0, 0.1) is 5.41 Å². The number of carboxylic acid groups (broad SMARTS) is 1. The highest BCUT2D eigenvalue weighted by molar-refractivity contribution is 5.98. The van der Waals surface area contributed by atoms with Crippen LogP contribution in [0.1, 0.15) is 67.7 Å². The number of likely N-dealkylation sites (tertiary alicyclic amines) is 1. The van der Waals surface area contributed by atoms with Gasteiger partial charge >= 0.3 is 5.97 Å². The highest BCUT2D eigenvalue weighted by Crippen LogP contribution is 2.20. The fraction of sp³-hybridized carbons (Fsp3) is 0.400. The molecular weight excluding hydrogens is 959 g/mol. The molecule has 0 unspecified atom stereocenters. The zero-order chi connectivity index (χ0) is 53.7. The quantitative estimate of drug-likeness (QED) is 0.0238. The number of carboxylic acids is 1. The van der Waals surface area contributed by atoms with Crippen LogP contribution in [-0.2, 0) is 64.0 Å². The molecule has 0 radical (unpaired) electrons. The molecule has 0 aliphatic carbocycles. The molecule has 0 spiro atoms. The van der Waals surface area contributed by atoms with E-state index in [1.54, 1.807) is 121 Å². The molecule has 0 aromatic heterocycles. The Morgan fingerprint density at radius 1 is 0.587 bits per heavy atom. The Labute approximate surface area is 436 Å². The van der Waals surface area contributed by atoms with Crippen LogP contribution in [0.3, 0.4) is 0 Å². The standard InChI is InChI=1S/C55H69N11O9/c1-35(47(67)65-45(34-39-23-12-5-13-24-39)53(73)66-30-16-27-46(66)54(74)75)60-50(70)42(31-36-17-6-2-7-18-36)63-52(72)44(33-38-21-10-4-11-22-38)64-51(71)43(32-37-19-8-3-9-20-37)62-49(69)41(26-15-29-59-55(56)57)61-48(68)40-25-14-28-58-40/h2-13,17-24,35,40-46,58H,14-16,25-34H2,1H3,(H,60,70)(H,61,68)(H,62,69)(H,63,72)(H,64,71)(H,65,67)(H,74,75)(H4,56,57,59)/t35-,40-,41-,42-,43-,44-,45-,46+/m0/s1. The molecule has 8 atom stereocenters. The van der Waals surface area contributed by atoms with Crippen molar-refractivity contribution < 1.29 is 43.5 Å². The second-order valence-corrected chi connectivity index (χ2v) is 19.0. The molecule has 4 aromatic carbocycles. The summed E-state index contributed by atoms with van der Waals surface area (Å²) in [5, 5.41) is 40.0. The molecule has 75 heavy (non-hydrogen) atoms. The van der Waals surface area contributed by atoms with Gasteiger partial charge in [0.25, 0.3) is 0 Å². The lowest BCUT2D eigenvalue weighted by molar-refractivity contribution is -0.149. The fourth-order valence-corrected chi connectivity index (χ4v) is 9.19. The van der Waals surface area contributed by atoms with E-state index in [1.807, 2.05) is 0 Å². The summed E-state index contributed by atoms with van der Waals surface area (Å²) in [4.78, 5) is 113. The van der Waals surface area contributed by atoms with Crippen LogP contribution < -0.4 is 48.3 Å². The molecule has 2 aliphatic rings. The van der Waals surface area contributed by atoms with E-state index in [9.17, 15) is 43.5 Å². The van der Waals surface area contributed by atoms with Crippen molar-refractivity contribution in [3.8, 4) is 0 Å². The number of nitrogens with two attached hydrogens (primary N) is 1. The Bertz CT molecular complexity index is 2570. The van der Waals surface area contributed by atoms with Gasteiger partial charge in [-0.3, -0.25) is 39.0 Å². The average Bonchev–Trinajstić information content (AvgIpc) is 4.14. The topological polar surface area (TPSA) is 306 Å². The molecule has 0 saturated carbocycles. The highest BCUT2D eigenvalue weighted by Gasteiger charge is 2.39. The molecule has 2 saturated heterocycles. The van der Waals surface area contributed by atoms with E-state index >= 15 is 0 Å². The lowest BCUT2D eigenvalue weighted by Crippen LogP contribution is -2.60. The molecule has 20 nitrogen and oxygen atoms in total. The Hall–Kier alpha value is -8.13. The number of rotatable bonds is 26. The third kappa shape index (κ3) is 17.5.